The maximum atomic E-state index is 9.46. The molecule has 1 aliphatic rings. The molecule has 17 heavy (non-hydrogen) atoms. The van der Waals surface area contributed by atoms with Crippen molar-refractivity contribution in [2.45, 2.75) is 24.8 Å². The largest absolute Gasteiger partial charge is 0.507 e. The maximum Gasteiger partial charge on any atom is 0.129 e. The number of aromatic hydroxyl groups is 1. The SMILES string of the molecule is CC(C)OC1=C[SH](c2ccc(O)c(Br)c2)C=C1. The Morgan fingerprint density at radius 2 is 2.12 bits per heavy atom. The minimum Gasteiger partial charge on any atom is -0.507 e. The van der Waals surface area contributed by atoms with Crippen LogP contribution in [0, 0.1) is 0 Å². The Labute approximate surface area is 112 Å². The van der Waals surface area contributed by atoms with E-state index in [0.717, 1.165) is 10.2 Å². The van der Waals surface area contributed by atoms with E-state index in [4.69, 9.17) is 4.74 Å². The van der Waals surface area contributed by atoms with E-state index in [2.05, 4.69) is 26.7 Å². The van der Waals surface area contributed by atoms with Crippen LogP contribution in [0.2, 0.25) is 0 Å². The first kappa shape index (κ1) is 12.6. The second-order valence-corrected chi connectivity index (χ2v) is 6.80. The van der Waals surface area contributed by atoms with Gasteiger partial charge >= 0.3 is 0 Å². The molecule has 0 amide bonds. The summed E-state index contributed by atoms with van der Waals surface area (Å²) in [5, 5.41) is 13.8. The first-order valence-corrected chi connectivity index (χ1v) is 7.67. The summed E-state index contributed by atoms with van der Waals surface area (Å²) in [6.07, 6.45) is 2.22. The van der Waals surface area contributed by atoms with E-state index in [-0.39, 0.29) is 11.9 Å². The molecule has 1 N–H and O–H groups in total. The van der Waals surface area contributed by atoms with E-state index >= 15 is 0 Å². The number of hydrogen-bond donors (Lipinski definition) is 2. The Morgan fingerprint density at radius 3 is 2.76 bits per heavy atom. The predicted molar refractivity (Wildman–Crippen MR) is 76.5 cm³/mol. The molecule has 1 aromatic carbocycles. The number of halogens is 1. The number of hydrogen-bond acceptors (Lipinski definition) is 2. The zero-order chi connectivity index (χ0) is 12.4. The molecule has 1 heterocycles. The first-order valence-electron chi connectivity index (χ1n) is 5.40. The lowest BCUT2D eigenvalue weighted by Gasteiger charge is -2.12. The summed E-state index contributed by atoms with van der Waals surface area (Å²) in [5.41, 5.74) is 0. The van der Waals surface area contributed by atoms with Crippen molar-refractivity contribution < 1.29 is 9.84 Å². The summed E-state index contributed by atoms with van der Waals surface area (Å²) in [6, 6.07) is 5.62. The van der Waals surface area contributed by atoms with Crippen molar-refractivity contribution in [1.29, 1.82) is 0 Å². The summed E-state index contributed by atoms with van der Waals surface area (Å²) in [5.74, 6) is 1.21. The highest BCUT2D eigenvalue weighted by Gasteiger charge is 2.11. The molecule has 0 aromatic heterocycles. The molecule has 2 nitrogen and oxygen atoms in total. The zero-order valence-corrected chi connectivity index (χ0v) is 12.2. The van der Waals surface area contributed by atoms with Gasteiger partial charge in [-0.15, -0.1) is 0 Å². The third-order valence-corrected chi connectivity index (χ3v) is 4.78. The van der Waals surface area contributed by atoms with Gasteiger partial charge in [0, 0.05) is 5.41 Å². The van der Waals surface area contributed by atoms with E-state index in [0.29, 0.717) is 0 Å². The van der Waals surface area contributed by atoms with E-state index in [1.807, 2.05) is 32.1 Å². The van der Waals surface area contributed by atoms with E-state index in [1.165, 1.54) is 4.90 Å². The molecule has 0 bridgehead atoms. The smallest absolute Gasteiger partial charge is 0.129 e. The van der Waals surface area contributed by atoms with Crippen molar-refractivity contribution in [2.75, 3.05) is 0 Å². The van der Waals surface area contributed by atoms with Crippen molar-refractivity contribution >= 4 is 26.8 Å². The number of ether oxygens (including phenoxy) is 1. The van der Waals surface area contributed by atoms with Crippen LogP contribution in [0.5, 0.6) is 5.75 Å². The molecule has 0 fully saturated rings. The van der Waals surface area contributed by atoms with Crippen LogP contribution in [-0.4, -0.2) is 11.2 Å². The lowest BCUT2D eigenvalue weighted by Crippen LogP contribution is -1.99. The van der Waals surface area contributed by atoms with Gasteiger partial charge in [0.2, 0.25) is 0 Å². The summed E-state index contributed by atoms with van der Waals surface area (Å²) < 4.78 is 6.38. The summed E-state index contributed by atoms with van der Waals surface area (Å²) in [6.45, 7) is 4.04. The van der Waals surface area contributed by atoms with Crippen LogP contribution >= 0.6 is 26.8 Å². The molecule has 0 radical (unpaired) electrons. The molecular formula is C13H15BrO2S. The Hall–Kier alpha value is -0.870. The molecule has 0 spiro atoms. The fourth-order valence-electron chi connectivity index (χ4n) is 1.54. The number of thiol groups is 1. The first-order chi connectivity index (χ1) is 8.06. The molecular weight excluding hydrogens is 300 g/mol. The van der Waals surface area contributed by atoms with Crippen LogP contribution in [0.25, 0.3) is 0 Å². The molecule has 1 aliphatic heterocycles. The van der Waals surface area contributed by atoms with Crippen molar-refractivity contribution in [3.63, 3.8) is 0 Å². The van der Waals surface area contributed by atoms with Gasteiger partial charge < -0.3 is 9.84 Å². The Bertz CT molecular complexity index is 480. The summed E-state index contributed by atoms with van der Waals surface area (Å²) in [4.78, 5) is 1.20. The third kappa shape index (κ3) is 3.07. The second kappa shape index (κ2) is 5.19. The molecule has 0 saturated heterocycles. The van der Waals surface area contributed by atoms with Gasteiger partial charge in [-0.25, -0.2) is 0 Å². The zero-order valence-electron chi connectivity index (χ0n) is 9.72. The highest BCUT2D eigenvalue weighted by molar-refractivity contribution is 9.10. The summed E-state index contributed by atoms with van der Waals surface area (Å²) in [7, 11) is -0.447. The van der Waals surface area contributed by atoms with Crippen LogP contribution in [0.1, 0.15) is 13.8 Å². The van der Waals surface area contributed by atoms with Crippen LogP contribution in [0.4, 0.5) is 0 Å². The Kier molecular flexibility index (Phi) is 3.84. The van der Waals surface area contributed by atoms with Gasteiger partial charge in [-0.05, 0) is 64.4 Å². The molecule has 1 aromatic rings. The number of benzene rings is 1. The van der Waals surface area contributed by atoms with Crippen molar-refractivity contribution in [3.8, 4) is 5.75 Å². The fraction of sp³-hybridized carbons (Fsp3) is 0.231. The van der Waals surface area contributed by atoms with Crippen LogP contribution < -0.4 is 0 Å². The van der Waals surface area contributed by atoms with Gasteiger partial charge in [0.25, 0.3) is 0 Å². The predicted octanol–water partition coefficient (Wildman–Crippen LogP) is 4.31. The Morgan fingerprint density at radius 1 is 1.35 bits per heavy atom. The van der Waals surface area contributed by atoms with Gasteiger partial charge in [-0.1, -0.05) is 0 Å². The molecule has 4 heteroatoms. The summed E-state index contributed by atoms with van der Waals surface area (Å²) >= 11 is 3.33. The van der Waals surface area contributed by atoms with Crippen molar-refractivity contribution in [2.24, 2.45) is 0 Å². The average Bonchev–Trinajstić information content (AvgIpc) is 2.69. The minimum absolute atomic E-state index is 0.201. The molecule has 0 saturated carbocycles. The van der Waals surface area contributed by atoms with Crippen LogP contribution in [-0.2, 0) is 4.74 Å². The molecule has 1 atom stereocenters. The molecule has 0 aliphatic carbocycles. The molecule has 1 unspecified atom stereocenters. The van der Waals surface area contributed by atoms with Gasteiger partial charge in [0.05, 0.1) is 10.6 Å². The Balaban J connectivity index is 2.17. The van der Waals surface area contributed by atoms with Gasteiger partial charge in [0.1, 0.15) is 11.5 Å². The highest BCUT2D eigenvalue weighted by Crippen LogP contribution is 2.46. The number of phenolic OH excluding ortho intramolecular Hbond substituents is 1. The fourth-order valence-corrected chi connectivity index (χ4v) is 3.75. The van der Waals surface area contributed by atoms with Crippen LogP contribution in [0.3, 0.4) is 0 Å². The molecule has 92 valence electrons. The number of rotatable bonds is 3. The lowest BCUT2D eigenvalue weighted by atomic mass is 10.3. The normalized spacial score (nSPS) is 20.7. The molecule has 2 rings (SSSR count). The quantitative estimate of drug-likeness (QED) is 0.814. The average molecular weight is 315 g/mol. The topological polar surface area (TPSA) is 29.5 Å². The number of phenols is 1. The van der Waals surface area contributed by atoms with E-state index in [1.54, 1.807) is 6.07 Å². The third-order valence-electron chi connectivity index (χ3n) is 2.27. The second-order valence-electron chi connectivity index (χ2n) is 4.06. The van der Waals surface area contributed by atoms with Gasteiger partial charge in [-0.3, -0.25) is 0 Å². The van der Waals surface area contributed by atoms with Crippen molar-refractivity contribution in [3.05, 3.63) is 45.3 Å². The van der Waals surface area contributed by atoms with Crippen molar-refractivity contribution in [1.82, 2.24) is 0 Å². The van der Waals surface area contributed by atoms with Gasteiger partial charge in [0.15, 0.2) is 0 Å². The highest BCUT2D eigenvalue weighted by atomic mass is 79.9. The van der Waals surface area contributed by atoms with E-state index in [9.17, 15) is 5.11 Å². The standard InChI is InChI=1S/C13H15BrO2S/c1-9(2)16-10-5-6-17(8-10)11-3-4-13(15)12(14)7-11/h3-9,15,17H,1-2H3. The lowest BCUT2D eigenvalue weighted by molar-refractivity contribution is 0.159. The van der Waals surface area contributed by atoms with Crippen LogP contribution in [0.15, 0.2) is 50.2 Å². The maximum absolute atomic E-state index is 9.46. The monoisotopic (exact) mass is 314 g/mol. The number of allylic oxidation sites excluding steroid dienone is 1. The minimum atomic E-state index is -0.447. The van der Waals surface area contributed by atoms with E-state index < -0.39 is 10.9 Å². The van der Waals surface area contributed by atoms with Gasteiger partial charge in [-0.2, -0.15) is 10.9 Å².